The molecule has 1 aliphatic carbocycles. The molecule has 1 N–H and O–H groups in total. The summed E-state index contributed by atoms with van der Waals surface area (Å²) in [6.45, 7) is 1.22. The third-order valence-electron chi connectivity index (χ3n) is 4.44. The van der Waals surface area contributed by atoms with Crippen molar-refractivity contribution in [2.24, 2.45) is 5.92 Å². The molecule has 1 aromatic heterocycles. The fourth-order valence-corrected chi connectivity index (χ4v) is 3.85. The van der Waals surface area contributed by atoms with Crippen LogP contribution in [0.1, 0.15) is 29.0 Å². The molecule has 0 radical (unpaired) electrons. The maximum Gasteiger partial charge on any atom is 0.246 e. The Bertz CT molecular complexity index is 824. The van der Waals surface area contributed by atoms with Gasteiger partial charge in [-0.15, -0.1) is 0 Å². The van der Waals surface area contributed by atoms with Crippen molar-refractivity contribution < 1.29 is 9.59 Å². The SMILES string of the molecule is O=C(Nc1nc2c(s1)CN(C(=O)/C=C/c1ccccc1)CC2)C1CC1. The molecule has 1 aromatic carbocycles. The van der Waals surface area contributed by atoms with Gasteiger partial charge in [-0.3, -0.25) is 9.59 Å². The lowest BCUT2D eigenvalue weighted by atomic mass is 10.1. The average molecular weight is 353 g/mol. The Morgan fingerprint density at radius 2 is 2.04 bits per heavy atom. The number of carbonyl (C=O) groups excluding carboxylic acids is 2. The van der Waals surface area contributed by atoms with Crippen molar-refractivity contribution in [2.75, 3.05) is 11.9 Å². The number of aromatic nitrogens is 1. The standard InChI is InChI=1S/C19H19N3O2S/c23-17(9-6-13-4-2-1-3-5-13)22-11-10-15-16(12-22)25-19(20-15)21-18(24)14-7-8-14/h1-6,9,14H,7-8,10-12H2,(H,20,21,24)/b9-6+. The number of thiazole rings is 1. The normalized spacial score (nSPS) is 16.7. The van der Waals surface area contributed by atoms with E-state index in [1.165, 1.54) is 11.3 Å². The number of benzene rings is 1. The van der Waals surface area contributed by atoms with Gasteiger partial charge in [-0.25, -0.2) is 4.98 Å². The van der Waals surface area contributed by atoms with Crippen LogP contribution in [0.5, 0.6) is 0 Å². The summed E-state index contributed by atoms with van der Waals surface area (Å²) in [5.74, 6) is 0.249. The maximum atomic E-state index is 12.4. The van der Waals surface area contributed by atoms with Crippen LogP contribution in [0.4, 0.5) is 5.13 Å². The molecule has 4 rings (SSSR count). The zero-order valence-electron chi connectivity index (χ0n) is 13.8. The number of hydrogen-bond acceptors (Lipinski definition) is 4. The van der Waals surface area contributed by atoms with Crippen LogP contribution in [0.25, 0.3) is 6.08 Å². The predicted molar refractivity (Wildman–Crippen MR) is 98.1 cm³/mol. The molecule has 1 fully saturated rings. The van der Waals surface area contributed by atoms with Gasteiger partial charge in [-0.1, -0.05) is 41.7 Å². The van der Waals surface area contributed by atoms with Gasteiger partial charge in [0.2, 0.25) is 11.8 Å². The second kappa shape index (κ2) is 6.80. The van der Waals surface area contributed by atoms with E-state index in [0.29, 0.717) is 18.2 Å². The predicted octanol–water partition coefficient (Wildman–Crippen LogP) is 3.09. The lowest BCUT2D eigenvalue weighted by molar-refractivity contribution is -0.126. The molecule has 2 aromatic rings. The first kappa shape index (κ1) is 16.0. The fraction of sp³-hybridized carbons (Fsp3) is 0.316. The molecule has 0 saturated heterocycles. The van der Waals surface area contributed by atoms with Crippen LogP contribution >= 0.6 is 11.3 Å². The summed E-state index contributed by atoms with van der Waals surface area (Å²) in [4.78, 5) is 31.7. The molecule has 0 atom stereocenters. The summed E-state index contributed by atoms with van der Waals surface area (Å²) in [7, 11) is 0. The molecule has 5 nitrogen and oxygen atoms in total. The summed E-state index contributed by atoms with van der Waals surface area (Å²) < 4.78 is 0. The van der Waals surface area contributed by atoms with Gasteiger partial charge in [0.1, 0.15) is 0 Å². The van der Waals surface area contributed by atoms with Gasteiger partial charge in [0.05, 0.1) is 12.2 Å². The quantitative estimate of drug-likeness (QED) is 0.859. The number of hydrogen-bond donors (Lipinski definition) is 1. The fourth-order valence-electron chi connectivity index (χ4n) is 2.83. The zero-order chi connectivity index (χ0) is 17.2. The molecule has 1 saturated carbocycles. The van der Waals surface area contributed by atoms with Crippen molar-refractivity contribution in [3.05, 3.63) is 52.5 Å². The van der Waals surface area contributed by atoms with E-state index in [1.807, 2.05) is 41.3 Å². The van der Waals surface area contributed by atoms with Gasteiger partial charge in [0, 0.05) is 29.8 Å². The smallest absolute Gasteiger partial charge is 0.246 e. The molecule has 0 spiro atoms. The molecule has 1 aliphatic heterocycles. The Kier molecular flexibility index (Phi) is 4.36. The third kappa shape index (κ3) is 3.79. The number of carbonyl (C=O) groups is 2. The minimum atomic E-state index is 0.00599. The van der Waals surface area contributed by atoms with E-state index >= 15 is 0 Å². The van der Waals surface area contributed by atoms with E-state index in [0.717, 1.165) is 35.4 Å². The molecule has 0 bridgehead atoms. The Balaban J connectivity index is 1.40. The van der Waals surface area contributed by atoms with E-state index < -0.39 is 0 Å². The molecular weight excluding hydrogens is 334 g/mol. The third-order valence-corrected chi connectivity index (χ3v) is 5.44. The van der Waals surface area contributed by atoms with Crippen LogP contribution in [-0.4, -0.2) is 28.2 Å². The molecule has 0 unspecified atom stereocenters. The monoisotopic (exact) mass is 353 g/mol. The maximum absolute atomic E-state index is 12.4. The Morgan fingerprint density at radius 3 is 2.80 bits per heavy atom. The molecule has 2 heterocycles. The van der Waals surface area contributed by atoms with Crippen molar-refractivity contribution in [3.63, 3.8) is 0 Å². The Labute approximate surface area is 150 Å². The second-order valence-corrected chi connectivity index (χ2v) is 7.49. The van der Waals surface area contributed by atoms with Crippen molar-refractivity contribution >= 4 is 34.4 Å². The van der Waals surface area contributed by atoms with Crippen LogP contribution in [0, 0.1) is 5.92 Å². The molecule has 2 amide bonds. The van der Waals surface area contributed by atoms with Crippen molar-refractivity contribution in [1.29, 1.82) is 0 Å². The summed E-state index contributed by atoms with van der Waals surface area (Å²) >= 11 is 1.48. The first-order valence-corrected chi connectivity index (χ1v) is 9.32. The van der Waals surface area contributed by atoms with Crippen molar-refractivity contribution in [3.8, 4) is 0 Å². The lowest BCUT2D eigenvalue weighted by Gasteiger charge is -2.24. The van der Waals surface area contributed by atoms with E-state index in [2.05, 4.69) is 10.3 Å². The number of nitrogens with zero attached hydrogens (tertiary/aromatic N) is 2. The Hall–Kier alpha value is -2.47. The summed E-state index contributed by atoms with van der Waals surface area (Å²) in [6.07, 6.45) is 6.15. The summed E-state index contributed by atoms with van der Waals surface area (Å²) in [5, 5.41) is 3.57. The molecule has 128 valence electrons. The highest BCUT2D eigenvalue weighted by atomic mass is 32.1. The van der Waals surface area contributed by atoms with Gasteiger partial charge in [0.15, 0.2) is 5.13 Å². The van der Waals surface area contributed by atoms with Crippen LogP contribution in [-0.2, 0) is 22.6 Å². The minimum Gasteiger partial charge on any atom is -0.334 e. The first-order valence-electron chi connectivity index (χ1n) is 8.50. The minimum absolute atomic E-state index is 0.00599. The molecule has 25 heavy (non-hydrogen) atoms. The van der Waals surface area contributed by atoms with E-state index in [1.54, 1.807) is 6.08 Å². The van der Waals surface area contributed by atoms with Gasteiger partial charge in [-0.2, -0.15) is 0 Å². The van der Waals surface area contributed by atoms with E-state index in [-0.39, 0.29) is 17.7 Å². The van der Waals surface area contributed by atoms with Gasteiger partial charge in [-0.05, 0) is 24.5 Å². The number of rotatable bonds is 4. The highest BCUT2D eigenvalue weighted by Crippen LogP contribution is 2.33. The van der Waals surface area contributed by atoms with E-state index in [4.69, 9.17) is 0 Å². The van der Waals surface area contributed by atoms with Gasteiger partial charge in [0.25, 0.3) is 0 Å². The zero-order valence-corrected chi connectivity index (χ0v) is 14.6. The van der Waals surface area contributed by atoms with Crippen LogP contribution in [0.3, 0.4) is 0 Å². The highest BCUT2D eigenvalue weighted by Gasteiger charge is 2.31. The summed E-state index contributed by atoms with van der Waals surface area (Å²) in [6, 6.07) is 9.79. The number of fused-ring (bicyclic) bond motifs is 1. The topological polar surface area (TPSA) is 62.3 Å². The number of anilines is 1. The summed E-state index contributed by atoms with van der Waals surface area (Å²) in [5.41, 5.74) is 2.02. The van der Waals surface area contributed by atoms with E-state index in [9.17, 15) is 9.59 Å². The molecule has 2 aliphatic rings. The molecule has 6 heteroatoms. The van der Waals surface area contributed by atoms with Gasteiger partial charge >= 0.3 is 0 Å². The Morgan fingerprint density at radius 1 is 1.24 bits per heavy atom. The van der Waals surface area contributed by atoms with Gasteiger partial charge < -0.3 is 10.2 Å². The average Bonchev–Trinajstić information content (AvgIpc) is 3.41. The largest absolute Gasteiger partial charge is 0.334 e. The molecular formula is C19H19N3O2S. The van der Waals surface area contributed by atoms with Crippen molar-refractivity contribution in [1.82, 2.24) is 9.88 Å². The van der Waals surface area contributed by atoms with Crippen molar-refractivity contribution in [2.45, 2.75) is 25.8 Å². The number of amides is 2. The highest BCUT2D eigenvalue weighted by molar-refractivity contribution is 7.15. The van der Waals surface area contributed by atoms with Crippen LogP contribution in [0.15, 0.2) is 36.4 Å². The first-order chi connectivity index (χ1) is 12.2. The second-order valence-electron chi connectivity index (χ2n) is 6.41. The van der Waals surface area contributed by atoms with Crippen LogP contribution in [0.2, 0.25) is 0 Å². The number of nitrogens with one attached hydrogen (secondary N) is 1. The lowest BCUT2D eigenvalue weighted by Crippen LogP contribution is -2.34. The van der Waals surface area contributed by atoms with Crippen LogP contribution < -0.4 is 5.32 Å².